The molecule has 0 spiro atoms. The summed E-state index contributed by atoms with van der Waals surface area (Å²) in [4.78, 5) is 29.5. The summed E-state index contributed by atoms with van der Waals surface area (Å²) in [6.07, 6.45) is 0. The summed E-state index contributed by atoms with van der Waals surface area (Å²) in [5.74, 6) is -0.863. The van der Waals surface area contributed by atoms with E-state index in [0.29, 0.717) is 59.9 Å². The molecule has 0 atom stereocenters. The molecule has 0 aromatic heterocycles. The van der Waals surface area contributed by atoms with Gasteiger partial charge in [-0.3, -0.25) is 0 Å². The Balaban J connectivity index is 0.00000612. The molecule has 0 aliphatic carbocycles. The van der Waals surface area contributed by atoms with Crippen molar-refractivity contribution < 1.29 is 19.1 Å². The van der Waals surface area contributed by atoms with E-state index in [1.165, 1.54) is 0 Å². The molecule has 0 saturated heterocycles. The van der Waals surface area contributed by atoms with Crippen molar-refractivity contribution in [2.24, 2.45) is 0 Å². The molecule has 35 heavy (non-hydrogen) atoms. The van der Waals surface area contributed by atoms with Gasteiger partial charge in [0.2, 0.25) is 0 Å². The molecule has 9 heteroatoms. The second-order valence-electron chi connectivity index (χ2n) is 7.93. The first-order valence-corrected chi connectivity index (χ1v) is 11.9. The van der Waals surface area contributed by atoms with Crippen LogP contribution in [0.15, 0.2) is 36.4 Å². The van der Waals surface area contributed by atoms with Crippen molar-refractivity contribution in [2.75, 3.05) is 63.9 Å². The molecule has 0 unspecified atom stereocenters. The summed E-state index contributed by atoms with van der Waals surface area (Å²) in [6, 6.07) is 9.84. The summed E-state index contributed by atoms with van der Waals surface area (Å²) in [7, 11) is 0. The minimum absolute atomic E-state index is 0. The third-order valence-corrected chi connectivity index (χ3v) is 5.94. The number of benzene rings is 2. The van der Waals surface area contributed by atoms with Gasteiger partial charge in [-0.15, -0.1) is 12.4 Å². The average molecular weight is 507 g/mol. The standard InChI is InChI=1S/C26H38N4O4.ClH/c1-5-29(6-2)13-15-33-25(31)19-9-11-23(27)21(17-19)22-18-20(10-12-24(22)28)26(32)34-16-14-30(7-3)8-4;/h9-12,17-18H,5-8,13-16,27-28H2,1-4H3;1H. The molecule has 4 N–H and O–H groups in total. The van der Waals surface area contributed by atoms with Gasteiger partial charge in [-0.1, -0.05) is 27.7 Å². The molecule has 0 aliphatic rings. The quantitative estimate of drug-likeness (QED) is 0.310. The van der Waals surface area contributed by atoms with E-state index in [2.05, 4.69) is 37.5 Å². The van der Waals surface area contributed by atoms with Crippen molar-refractivity contribution in [3.8, 4) is 11.1 Å². The van der Waals surface area contributed by atoms with E-state index in [9.17, 15) is 9.59 Å². The predicted molar refractivity (Wildman–Crippen MR) is 144 cm³/mol. The number of hydrogen-bond acceptors (Lipinski definition) is 8. The smallest absolute Gasteiger partial charge is 0.338 e. The molecule has 194 valence electrons. The lowest BCUT2D eigenvalue weighted by molar-refractivity contribution is 0.0457. The Labute approximate surface area is 215 Å². The number of hydrogen-bond donors (Lipinski definition) is 2. The van der Waals surface area contributed by atoms with Gasteiger partial charge in [-0.2, -0.15) is 0 Å². The fourth-order valence-electron chi connectivity index (χ4n) is 3.61. The fourth-order valence-corrected chi connectivity index (χ4v) is 3.61. The maximum absolute atomic E-state index is 12.6. The molecule has 0 heterocycles. The molecular weight excluding hydrogens is 468 g/mol. The second-order valence-corrected chi connectivity index (χ2v) is 7.93. The average Bonchev–Trinajstić information content (AvgIpc) is 2.85. The molecule has 0 aliphatic heterocycles. The van der Waals surface area contributed by atoms with Crippen LogP contribution in [-0.4, -0.2) is 74.2 Å². The van der Waals surface area contributed by atoms with Gasteiger partial charge in [-0.25, -0.2) is 9.59 Å². The van der Waals surface area contributed by atoms with E-state index in [-0.39, 0.29) is 12.4 Å². The largest absolute Gasteiger partial charge is 0.461 e. The third-order valence-electron chi connectivity index (χ3n) is 5.94. The fraction of sp³-hybridized carbons (Fsp3) is 0.462. The minimum Gasteiger partial charge on any atom is -0.461 e. The highest BCUT2D eigenvalue weighted by atomic mass is 35.5. The Kier molecular flexibility index (Phi) is 13.2. The van der Waals surface area contributed by atoms with Gasteiger partial charge in [-0.05, 0) is 62.6 Å². The van der Waals surface area contributed by atoms with Crippen LogP contribution in [0.25, 0.3) is 11.1 Å². The lowest BCUT2D eigenvalue weighted by Gasteiger charge is -2.18. The Bertz CT molecular complexity index is 885. The van der Waals surface area contributed by atoms with Crippen LogP contribution < -0.4 is 11.5 Å². The van der Waals surface area contributed by atoms with Crippen LogP contribution in [0.2, 0.25) is 0 Å². The van der Waals surface area contributed by atoms with Crippen LogP contribution in [0.1, 0.15) is 48.4 Å². The van der Waals surface area contributed by atoms with E-state index < -0.39 is 11.9 Å². The number of carbonyl (C=O) groups is 2. The number of esters is 2. The lowest BCUT2D eigenvalue weighted by Crippen LogP contribution is -2.28. The van der Waals surface area contributed by atoms with Crippen molar-refractivity contribution in [3.05, 3.63) is 47.5 Å². The maximum atomic E-state index is 12.6. The minimum atomic E-state index is -0.432. The van der Waals surface area contributed by atoms with Crippen LogP contribution in [0.5, 0.6) is 0 Å². The van der Waals surface area contributed by atoms with Gasteiger partial charge in [0.25, 0.3) is 0 Å². The van der Waals surface area contributed by atoms with Crippen molar-refractivity contribution in [1.82, 2.24) is 9.80 Å². The van der Waals surface area contributed by atoms with E-state index in [4.69, 9.17) is 20.9 Å². The number of carbonyl (C=O) groups excluding carboxylic acids is 2. The summed E-state index contributed by atoms with van der Waals surface area (Å²) < 4.78 is 10.9. The monoisotopic (exact) mass is 506 g/mol. The molecule has 0 fully saturated rings. The van der Waals surface area contributed by atoms with Crippen LogP contribution >= 0.6 is 12.4 Å². The highest BCUT2D eigenvalue weighted by Crippen LogP contribution is 2.32. The first-order valence-electron chi connectivity index (χ1n) is 11.9. The number of rotatable bonds is 13. The first-order chi connectivity index (χ1) is 16.3. The van der Waals surface area contributed by atoms with Crippen molar-refractivity contribution in [3.63, 3.8) is 0 Å². The number of nitrogens with two attached hydrogens (primary N) is 2. The molecule has 0 bridgehead atoms. The van der Waals surface area contributed by atoms with Crippen LogP contribution in [-0.2, 0) is 9.47 Å². The van der Waals surface area contributed by atoms with Gasteiger partial charge < -0.3 is 30.7 Å². The van der Waals surface area contributed by atoms with Gasteiger partial charge in [0, 0.05) is 35.6 Å². The highest BCUT2D eigenvalue weighted by molar-refractivity contribution is 5.97. The molecule has 0 radical (unpaired) electrons. The van der Waals surface area contributed by atoms with Crippen LogP contribution in [0.4, 0.5) is 11.4 Å². The van der Waals surface area contributed by atoms with Gasteiger partial charge in [0.1, 0.15) is 13.2 Å². The summed E-state index contributed by atoms with van der Waals surface area (Å²) in [5.41, 5.74) is 15.2. The Morgan fingerprint density at radius 3 is 1.34 bits per heavy atom. The van der Waals surface area contributed by atoms with Crippen molar-refractivity contribution in [1.29, 1.82) is 0 Å². The van der Waals surface area contributed by atoms with Gasteiger partial charge in [0.05, 0.1) is 11.1 Å². The predicted octanol–water partition coefficient (Wildman–Crippen LogP) is 3.94. The van der Waals surface area contributed by atoms with Crippen molar-refractivity contribution in [2.45, 2.75) is 27.7 Å². The highest BCUT2D eigenvalue weighted by Gasteiger charge is 2.16. The molecule has 0 saturated carbocycles. The van der Waals surface area contributed by atoms with Gasteiger partial charge in [0.15, 0.2) is 0 Å². The Hall–Kier alpha value is -2.81. The molecule has 8 nitrogen and oxygen atoms in total. The summed E-state index contributed by atoms with van der Waals surface area (Å²) in [5, 5.41) is 0. The van der Waals surface area contributed by atoms with Gasteiger partial charge >= 0.3 is 11.9 Å². The number of nitrogen functional groups attached to an aromatic ring is 2. The number of halogens is 1. The molecule has 2 rings (SSSR count). The van der Waals surface area contributed by atoms with Crippen molar-refractivity contribution >= 4 is 35.7 Å². The molecule has 2 aromatic carbocycles. The van der Waals surface area contributed by atoms with E-state index >= 15 is 0 Å². The van der Waals surface area contributed by atoms with E-state index in [1.807, 2.05) is 0 Å². The number of nitrogens with zero attached hydrogens (tertiary/aromatic N) is 2. The number of anilines is 2. The summed E-state index contributed by atoms with van der Waals surface area (Å²) >= 11 is 0. The molecule has 2 aromatic rings. The lowest BCUT2D eigenvalue weighted by atomic mass is 9.97. The second kappa shape index (κ2) is 15.2. The van der Waals surface area contributed by atoms with E-state index in [1.54, 1.807) is 36.4 Å². The molecule has 0 amide bonds. The summed E-state index contributed by atoms with van der Waals surface area (Å²) in [6.45, 7) is 13.8. The number of ether oxygens (including phenoxy) is 2. The zero-order valence-corrected chi connectivity index (χ0v) is 22.0. The molecular formula is C26H39ClN4O4. The third kappa shape index (κ3) is 8.72. The Morgan fingerprint density at radius 1 is 0.686 bits per heavy atom. The normalized spacial score (nSPS) is 10.8. The van der Waals surface area contributed by atoms with E-state index in [0.717, 1.165) is 26.2 Å². The number of likely N-dealkylation sites (N-methyl/N-ethyl adjacent to an activating group) is 2. The SMILES string of the molecule is CCN(CC)CCOC(=O)c1ccc(N)c(-c2cc(C(=O)OCCN(CC)CC)ccc2N)c1.Cl. The zero-order valence-electron chi connectivity index (χ0n) is 21.2. The first kappa shape index (κ1) is 30.2. The Morgan fingerprint density at radius 2 is 1.03 bits per heavy atom. The van der Waals surface area contributed by atoms with Crippen LogP contribution in [0.3, 0.4) is 0 Å². The van der Waals surface area contributed by atoms with Crippen LogP contribution in [0, 0.1) is 0 Å². The maximum Gasteiger partial charge on any atom is 0.338 e. The zero-order chi connectivity index (χ0) is 25.1. The topological polar surface area (TPSA) is 111 Å².